The maximum absolute atomic E-state index is 11.9. The van der Waals surface area contributed by atoms with Crippen LogP contribution in [-0.4, -0.2) is 68.1 Å². The normalized spacial score (nSPS) is 29.4. The molecule has 0 radical (unpaired) electrons. The van der Waals surface area contributed by atoms with Crippen LogP contribution in [0.5, 0.6) is 0 Å². The highest BCUT2D eigenvalue weighted by Crippen LogP contribution is 2.24. The fraction of sp³-hybridized carbons (Fsp3) is 0.708. The van der Waals surface area contributed by atoms with Gasteiger partial charge in [-0.3, -0.25) is 4.79 Å². The van der Waals surface area contributed by atoms with Gasteiger partial charge in [0.15, 0.2) is 6.10 Å². The summed E-state index contributed by atoms with van der Waals surface area (Å²) in [5, 5.41) is 48.6. The largest absolute Gasteiger partial charge is 0.457 e. The van der Waals surface area contributed by atoms with Gasteiger partial charge in [-0.1, -0.05) is 62.6 Å². The number of allylic oxidation sites excluding steroid dienone is 6. The predicted molar refractivity (Wildman–Crippen MR) is 119 cm³/mol. The summed E-state index contributed by atoms with van der Waals surface area (Å²) >= 11 is 0. The van der Waals surface area contributed by atoms with Crippen molar-refractivity contribution in [3.63, 3.8) is 0 Å². The van der Waals surface area contributed by atoms with Gasteiger partial charge in [0.2, 0.25) is 0 Å². The third-order valence-electron chi connectivity index (χ3n) is 5.37. The monoisotopic (exact) mass is 440 g/mol. The Labute approximate surface area is 185 Å². The van der Waals surface area contributed by atoms with Crippen molar-refractivity contribution in [2.24, 2.45) is 0 Å². The second-order valence-electron chi connectivity index (χ2n) is 8.01. The molecule has 0 aromatic rings. The van der Waals surface area contributed by atoms with Crippen molar-refractivity contribution in [3.05, 3.63) is 36.5 Å². The summed E-state index contributed by atoms with van der Waals surface area (Å²) in [7, 11) is 0. The lowest BCUT2D eigenvalue weighted by Gasteiger charge is -2.41. The minimum Gasteiger partial charge on any atom is -0.457 e. The molecule has 0 aliphatic heterocycles. The smallest absolute Gasteiger partial charge is 0.306 e. The number of rotatable bonds is 14. The Bertz CT molecular complexity index is 556. The zero-order valence-corrected chi connectivity index (χ0v) is 18.6. The van der Waals surface area contributed by atoms with Crippen LogP contribution in [0.25, 0.3) is 0 Å². The topological polar surface area (TPSA) is 127 Å². The van der Waals surface area contributed by atoms with Crippen LogP contribution in [-0.2, 0) is 9.53 Å². The first-order valence-corrected chi connectivity index (χ1v) is 11.4. The van der Waals surface area contributed by atoms with Crippen LogP contribution >= 0.6 is 0 Å². The molecule has 5 N–H and O–H groups in total. The molecular weight excluding hydrogens is 400 g/mol. The third-order valence-corrected chi connectivity index (χ3v) is 5.37. The van der Waals surface area contributed by atoms with Gasteiger partial charge >= 0.3 is 5.97 Å². The SMILES string of the molecule is CC/C=C\C/C=C\C/C=C\CCCCCCCC(=O)OC1C(O)C(O)C(O)C(O)C1O. The van der Waals surface area contributed by atoms with E-state index in [0.717, 1.165) is 51.4 Å². The summed E-state index contributed by atoms with van der Waals surface area (Å²) < 4.78 is 5.04. The second kappa shape index (κ2) is 16.2. The summed E-state index contributed by atoms with van der Waals surface area (Å²) in [6.07, 6.45) is 12.1. The zero-order valence-electron chi connectivity index (χ0n) is 18.6. The van der Waals surface area contributed by atoms with Crippen molar-refractivity contribution in [1.82, 2.24) is 0 Å². The van der Waals surface area contributed by atoms with Gasteiger partial charge in [0.25, 0.3) is 0 Å². The van der Waals surface area contributed by atoms with Crippen LogP contribution in [0.15, 0.2) is 36.5 Å². The molecule has 7 nitrogen and oxygen atoms in total. The number of aliphatic hydroxyl groups is 5. The highest BCUT2D eigenvalue weighted by atomic mass is 16.6. The second-order valence-corrected chi connectivity index (χ2v) is 8.01. The van der Waals surface area contributed by atoms with E-state index in [0.29, 0.717) is 6.42 Å². The Hall–Kier alpha value is -1.51. The first kappa shape index (κ1) is 27.5. The predicted octanol–water partition coefficient (Wildman–Crippen LogP) is 2.31. The van der Waals surface area contributed by atoms with Gasteiger partial charge in [0.05, 0.1) is 0 Å². The standard InChI is InChI=1S/C24H40O7/c1-2-3-4-5-6-7-8-9-10-11-12-13-14-15-16-17-18(25)31-24-22(29)20(27)19(26)21(28)23(24)30/h3-4,6-7,9-10,19-24,26-30H,2,5,8,11-17H2,1H3/b4-3-,7-6-,10-9-. The molecule has 1 saturated carbocycles. The van der Waals surface area contributed by atoms with E-state index in [1.165, 1.54) is 0 Å². The molecule has 7 heteroatoms. The molecule has 1 rings (SSSR count). The van der Waals surface area contributed by atoms with E-state index >= 15 is 0 Å². The number of carbonyl (C=O) groups is 1. The van der Waals surface area contributed by atoms with E-state index in [-0.39, 0.29) is 6.42 Å². The van der Waals surface area contributed by atoms with Crippen molar-refractivity contribution in [1.29, 1.82) is 0 Å². The quantitative estimate of drug-likeness (QED) is 0.159. The third kappa shape index (κ3) is 10.6. The average molecular weight is 441 g/mol. The van der Waals surface area contributed by atoms with Gasteiger partial charge in [-0.15, -0.1) is 0 Å². The zero-order chi connectivity index (χ0) is 23.1. The van der Waals surface area contributed by atoms with E-state index in [4.69, 9.17) is 4.74 Å². The molecule has 0 spiro atoms. The van der Waals surface area contributed by atoms with Crippen LogP contribution in [0.3, 0.4) is 0 Å². The van der Waals surface area contributed by atoms with Crippen molar-refractivity contribution in [3.8, 4) is 0 Å². The Morgan fingerprint density at radius 2 is 1.16 bits per heavy atom. The number of hydrogen-bond acceptors (Lipinski definition) is 7. The van der Waals surface area contributed by atoms with E-state index in [1.54, 1.807) is 0 Å². The Balaban J connectivity index is 2.07. The minimum absolute atomic E-state index is 0.129. The minimum atomic E-state index is -1.70. The van der Waals surface area contributed by atoms with Crippen LogP contribution in [0, 0.1) is 0 Å². The lowest BCUT2D eigenvalue weighted by molar-refractivity contribution is -0.233. The van der Waals surface area contributed by atoms with Gasteiger partial charge < -0.3 is 30.3 Å². The van der Waals surface area contributed by atoms with Gasteiger partial charge in [-0.2, -0.15) is 0 Å². The van der Waals surface area contributed by atoms with Gasteiger partial charge in [0.1, 0.15) is 30.5 Å². The fourth-order valence-corrected chi connectivity index (χ4v) is 3.44. The summed E-state index contributed by atoms with van der Waals surface area (Å²) in [6.45, 7) is 2.12. The maximum Gasteiger partial charge on any atom is 0.306 e. The van der Waals surface area contributed by atoms with Crippen LogP contribution in [0.1, 0.15) is 71.1 Å². The molecule has 4 unspecified atom stereocenters. The first-order chi connectivity index (χ1) is 14.9. The lowest BCUT2D eigenvalue weighted by Crippen LogP contribution is -2.64. The van der Waals surface area contributed by atoms with Crippen LogP contribution < -0.4 is 0 Å². The fourth-order valence-electron chi connectivity index (χ4n) is 3.44. The molecule has 0 heterocycles. The van der Waals surface area contributed by atoms with E-state index in [9.17, 15) is 30.3 Å². The Kier molecular flexibility index (Phi) is 14.4. The highest BCUT2D eigenvalue weighted by molar-refractivity contribution is 5.69. The Morgan fingerprint density at radius 3 is 1.77 bits per heavy atom. The van der Waals surface area contributed by atoms with E-state index in [2.05, 4.69) is 43.4 Å². The highest BCUT2D eigenvalue weighted by Gasteiger charge is 2.50. The number of esters is 1. The molecule has 0 aromatic heterocycles. The lowest BCUT2D eigenvalue weighted by atomic mass is 9.85. The van der Waals surface area contributed by atoms with Crippen LogP contribution in [0.2, 0.25) is 0 Å². The van der Waals surface area contributed by atoms with Crippen molar-refractivity contribution >= 4 is 5.97 Å². The van der Waals surface area contributed by atoms with E-state index in [1.807, 2.05) is 0 Å². The van der Waals surface area contributed by atoms with Gasteiger partial charge in [0, 0.05) is 6.42 Å². The molecular formula is C24H40O7. The summed E-state index contributed by atoms with van der Waals surface area (Å²) in [5.41, 5.74) is 0. The molecule has 0 saturated heterocycles. The maximum atomic E-state index is 11.9. The molecule has 1 fully saturated rings. The van der Waals surface area contributed by atoms with Gasteiger partial charge in [-0.05, 0) is 38.5 Å². The van der Waals surface area contributed by atoms with E-state index < -0.39 is 42.6 Å². The summed E-state index contributed by atoms with van der Waals surface area (Å²) in [6, 6.07) is 0. The molecule has 4 atom stereocenters. The summed E-state index contributed by atoms with van der Waals surface area (Å²) in [4.78, 5) is 11.9. The number of ether oxygens (including phenoxy) is 1. The van der Waals surface area contributed by atoms with Crippen molar-refractivity contribution < 1.29 is 35.1 Å². The Morgan fingerprint density at radius 1 is 0.677 bits per heavy atom. The first-order valence-electron chi connectivity index (χ1n) is 11.4. The van der Waals surface area contributed by atoms with Crippen molar-refractivity contribution in [2.45, 2.75) is 108 Å². The summed E-state index contributed by atoms with van der Waals surface area (Å²) in [5.74, 6) is -0.611. The number of aliphatic hydroxyl groups excluding tert-OH is 5. The molecule has 0 aromatic carbocycles. The number of hydrogen-bond donors (Lipinski definition) is 5. The van der Waals surface area contributed by atoms with Crippen molar-refractivity contribution in [2.75, 3.05) is 0 Å². The molecule has 1 aliphatic rings. The molecule has 1 aliphatic carbocycles. The number of carbonyl (C=O) groups excluding carboxylic acids is 1. The average Bonchev–Trinajstić information content (AvgIpc) is 2.76. The number of unbranched alkanes of at least 4 members (excludes halogenated alkanes) is 5. The molecule has 0 bridgehead atoms. The molecule has 0 amide bonds. The van der Waals surface area contributed by atoms with Crippen LogP contribution in [0.4, 0.5) is 0 Å². The molecule has 178 valence electrons. The van der Waals surface area contributed by atoms with Gasteiger partial charge in [-0.25, -0.2) is 0 Å². The molecule has 31 heavy (non-hydrogen) atoms.